The van der Waals surface area contributed by atoms with Crippen molar-refractivity contribution in [2.24, 2.45) is 0 Å². The first-order chi connectivity index (χ1) is 12.4. The normalized spacial score (nSPS) is 17.7. The largest absolute Gasteiger partial charge is 0.480 e. The Labute approximate surface area is 153 Å². The minimum absolute atomic E-state index is 0.266. The number of aryl methyl sites for hydroxylation is 1. The molecule has 0 aliphatic carbocycles. The smallest absolute Gasteiger partial charge is 0.325 e. The summed E-state index contributed by atoms with van der Waals surface area (Å²) < 4.78 is 26.8. The Morgan fingerprint density at radius 3 is 2.08 bits per heavy atom. The zero-order valence-corrected chi connectivity index (χ0v) is 15.4. The molecule has 1 saturated heterocycles. The number of benzene rings is 2. The van der Waals surface area contributed by atoms with Crippen molar-refractivity contribution in [3.63, 3.8) is 0 Å². The fourth-order valence-electron chi connectivity index (χ4n) is 3.20. The van der Waals surface area contributed by atoms with Crippen LogP contribution in [0.4, 0.5) is 0 Å². The van der Waals surface area contributed by atoms with Crippen molar-refractivity contribution in [1.82, 2.24) is 9.21 Å². The molecule has 138 valence electrons. The number of aliphatic carboxylic acids is 1. The Morgan fingerprint density at radius 2 is 1.54 bits per heavy atom. The van der Waals surface area contributed by atoms with E-state index < -0.39 is 22.0 Å². The van der Waals surface area contributed by atoms with Gasteiger partial charge < -0.3 is 5.11 Å². The van der Waals surface area contributed by atoms with Gasteiger partial charge >= 0.3 is 5.97 Å². The number of rotatable bonds is 5. The molecule has 0 radical (unpaired) electrons. The van der Waals surface area contributed by atoms with Crippen LogP contribution in [0, 0.1) is 6.92 Å². The van der Waals surface area contributed by atoms with E-state index >= 15 is 0 Å². The summed E-state index contributed by atoms with van der Waals surface area (Å²) in [6.45, 7) is 3.24. The Kier molecular flexibility index (Phi) is 5.41. The monoisotopic (exact) mass is 374 g/mol. The molecule has 1 unspecified atom stereocenters. The van der Waals surface area contributed by atoms with Gasteiger partial charge in [0, 0.05) is 26.2 Å². The van der Waals surface area contributed by atoms with Crippen LogP contribution in [0.1, 0.15) is 17.2 Å². The molecule has 1 heterocycles. The molecule has 2 aromatic carbocycles. The Morgan fingerprint density at radius 1 is 0.962 bits per heavy atom. The van der Waals surface area contributed by atoms with E-state index in [0.717, 1.165) is 5.56 Å². The highest BCUT2D eigenvalue weighted by Gasteiger charge is 2.34. The number of hydrogen-bond donors (Lipinski definition) is 1. The quantitative estimate of drug-likeness (QED) is 0.867. The number of carboxylic acid groups (broad SMARTS) is 1. The first-order valence-corrected chi connectivity index (χ1v) is 9.92. The molecule has 7 heteroatoms. The summed E-state index contributed by atoms with van der Waals surface area (Å²) in [5.74, 6) is -0.923. The molecule has 0 aromatic heterocycles. The maximum absolute atomic E-state index is 12.7. The van der Waals surface area contributed by atoms with Crippen molar-refractivity contribution in [3.8, 4) is 0 Å². The number of carboxylic acids is 1. The van der Waals surface area contributed by atoms with Crippen LogP contribution in [0.2, 0.25) is 0 Å². The van der Waals surface area contributed by atoms with Crippen molar-refractivity contribution in [2.45, 2.75) is 17.9 Å². The number of carbonyl (C=O) groups is 1. The third-order valence-electron chi connectivity index (χ3n) is 4.65. The molecule has 1 aliphatic rings. The van der Waals surface area contributed by atoms with Crippen LogP contribution in [0.15, 0.2) is 59.5 Å². The summed E-state index contributed by atoms with van der Waals surface area (Å²) in [5.41, 5.74) is 1.78. The maximum Gasteiger partial charge on any atom is 0.325 e. The summed E-state index contributed by atoms with van der Waals surface area (Å²) >= 11 is 0. The van der Waals surface area contributed by atoms with Gasteiger partial charge in [-0.3, -0.25) is 9.69 Å². The van der Waals surface area contributed by atoms with Crippen molar-refractivity contribution in [2.75, 3.05) is 26.2 Å². The highest BCUT2D eigenvalue weighted by atomic mass is 32.2. The van der Waals surface area contributed by atoms with Gasteiger partial charge in [-0.05, 0) is 24.6 Å². The van der Waals surface area contributed by atoms with Crippen molar-refractivity contribution >= 4 is 16.0 Å². The van der Waals surface area contributed by atoms with Gasteiger partial charge in [0.1, 0.15) is 6.04 Å². The second kappa shape index (κ2) is 7.57. The van der Waals surface area contributed by atoms with Crippen LogP contribution in [0.25, 0.3) is 0 Å². The fraction of sp³-hybridized carbons (Fsp3) is 0.316. The number of sulfonamides is 1. The lowest BCUT2D eigenvalue weighted by Gasteiger charge is -2.37. The van der Waals surface area contributed by atoms with Crippen LogP contribution < -0.4 is 0 Å². The molecule has 1 aliphatic heterocycles. The van der Waals surface area contributed by atoms with Gasteiger partial charge in [0.15, 0.2) is 0 Å². The molecule has 6 nitrogen and oxygen atoms in total. The fourth-order valence-corrected chi connectivity index (χ4v) is 4.65. The Balaban J connectivity index is 1.74. The lowest BCUT2D eigenvalue weighted by atomic mass is 10.0. The average Bonchev–Trinajstić information content (AvgIpc) is 2.64. The van der Waals surface area contributed by atoms with Crippen LogP contribution in [0.3, 0.4) is 0 Å². The third-order valence-corrected chi connectivity index (χ3v) is 6.56. The number of piperazine rings is 1. The van der Waals surface area contributed by atoms with E-state index in [1.165, 1.54) is 4.31 Å². The van der Waals surface area contributed by atoms with Crippen molar-refractivity contribution in [1.29, 1.82) is 0 Å². The van der Waals surface area contributed by atoms with Gasteiger partial charge in [0.2, 0.25) is 10.0 Å². The molecule has 0 saturated carbocycles. The topological polar surface area (TPSA) is 77.9 Å². The molecule has 26 heavy (non-hydrogen) atoms. The summed E-state index contributed by atoms with van der Waals surface area (Å²) in [7, 11) is -3.54. The zero-order valence-electron chi connectivity index (χ0n) is 14.6. The van der Waals surface area contributed by atoms with Crippen LogP contribution in [-0.2, 0) is 14.8 Å². The van der Waals surface area contributed by atoms with Crippen molar-refractivity contribution in [3.05, 3.63) is 65.7 Å². The minimum Gasteiger partial charge on any atom is -0.480 e. The lowest BCUT2D eigenvalue weighted by Crippen LogP contribution is -2.50. The SMILES string of the molecule is Cc1ccc(C(C(=O)O)N2CCN(S(=O)(=O)c3ccccc3)CC2)cc1. The van der Waals surface area contributed by atoms with E-state index in [9.17, 15) is 18.3 Å². The summed E-state index contributed by atoms with van der Waals surface area (Å²) in [4.78, 5) is 13.9. The maximum atomic E-state index is 12.7. The van der Waals surface area contributed by atoms with Crippen LogP contribution in [0.5, 0.6) is 0 Å². The van der Waals surface area contributed by atoms with E-state index in [4.69, 9.17) is 0 Å². The molecule has 0 amide bonds. The Hall–Kier alpha value is -2.22. The predicted octanol–water partition coefficient (Wildman–Crippen LogP) is 2.13. The summed E-state index contributed by atoms with van der Waals surface area (Å²) in [6.07, 6.45) is 0. The van der Waals surface area contributed by atoms with Gasteiger partial charge in [-0.2, -0.15) is 4.31 Å². The van der Waals surface area contributed by atoms with Gasteiger partial charge in [-0.25, -0.2) is 8.42 Å². The van der Waals surface area contributed by atoms with E-state index in [0.29, 0.717) is 18.7 Å². The summed E-state index contributed by atoms with van der Waals surface area (Å²) in [6, 6.07) is 15.0. The van der Waals surface area contributed by atoms with Crippen LogP contribution in [-0.4, -0.2) is 54.9 Å². The molecular formula is C19H22N2O4S. The molecule has 1 N–H and O–H groups in total. The van der Waals surface area contributed by atoms with Crippen molar-refractivity contribution < 1.29 is 18.3 Å². The van der Waals surface area contributed by atoms with Gasteiger partial charge in [0.25, 0.3) is 0 Å². The predicted molar refractivity (Wildman–Crippen MR) is 98.3 cm³/mol. The minimum atomic E-state index is -3.54. The molecule has 0 bridgehead atoms. The second-order valence-corrected chi connectivity index (χ2v) is 8.34. The standard InChI is InChI=1S/C19H22N2O4S/c1-15-7-9-16(10-8-15)18(19(22)23)20-11-13-21(14-12-20)26(24,25)17-5-3-2-4-6-17/h2-10,18H,11-14H2,1H3,(H,22,23). The van der Waals surface area contributed by atoms with Gasteiger partial charge in [-0.1, -0.05) is 48.0 Å². The third kappa shape index (κ3) is 3.80. The zero-order chi connectivity index (χ0) is 18.7. The molecule has 2 aromatic rings. The van der Waals surface area contributed by atoms with E-state index in [2.05, 4.69) is 0 Å². The first kappa shape index (κ1) is 18.6. The van der Waals surface area contributed by atoms with E-state index in [1.807, 2.05) is 36.1 Å². The average molecular weight is 374 g/mol. The molecule has 3 rings (SSSR count). The van der Waals surface area contributed by atoms with Crippen LogP contribution >= 0.6 is 0 Å². The first-order valence-electron chi connectivity index (χ1n) is 8.48. The molecule has 0 spiro atoms. The van der Waals surface area contributed by atoms with E-state index in [-0.39, 0.29) is 18.0 Å². The van der Waals surface area contributed by atoms with Gasteiger partial charge in [-0.15, -0.1) is 0 Å². The van der Waals surface area contributed by atoms with Gasteiger partial charge in [0.05, 0.1) is 4.90 Å². The Bertz CT molecular complexity index is 858. The second-order valence-electron chi connectivity index (χ2n) is 6.40. The summed E-state index contributed by atoms with van der Waals surface area (Å²) in [5, 5.41) is 9.68. The molecular weight excluding hydrogens is 352 g/mol. The van der Waals surface area contributed by atoms with E-state index in [1.54, 1.807) is 30.3 Å². The lowest BCUT2D eigenvalue weighted by molar-refractivity contribution is -0.144. The highest BCUT2D eigenvalue weighted by Crippen LogP contribution is 2.25. The highest BCUT2D eigenvalue weighted by molar-refractivity contribution is 7.89. The molecule has 1 atom stereocenters. The number of hydrogen-bond acceptors (Lipinski definition) is 4. The molecule has 1 fully saturated rings. The number of nitrogens with zero attached hydrogens (tertiary/aromatic N) is 2.